The molecule has 4 rings (SSSR count). The highest BCUT2D eigenvalue weighted by atomic mass is 16.5. The van der Waals surface area contributed by atoms with Crippen LogP contribution >= 0.6 is 0 Å². The predicted molar refractivity (Wildman–Crippen MR) is 135 cm³/mol. The summed E-state index contributed by atoms with van der Waals surface area (Å²) in [5.41, 5.74) is 2.96. The van der Waals surface area contributed by atoms with Gasteiger partial charge in [-0.05, 0) is 11.0 Å². The molecule has 1 aliphatic heterocycles. The molecule has 0 spiro atoms. The Kier molecular flexibility index (Phi) is 7.49. The van der Waals surface area contributed by atoms with Crippen molar-refractivity contribution in [3.63, 3.8) is 0 Å². The van der Waals surface area contributed by atoms with E-state index in [9.17, 15) is 4.79 Å². The molecule has 1 amide bonds. The van der Waals surface area contributed by atoms with Crippen molar-refractivity contribution < 1.29 is 9.53 Å². The van der Waals surface area contributed by atoms with Gasteiger partial charge in [0.05, 0.1) is 11.7 Å². The van der Waals surface area contributed by atoms with E-state index in [4.69, 9.17) is 9.72 Å². The van der Waals surface area contributed by atoms with Crippen LogP contribution in [-0.4, -0.2) is 53.7 Å². The van der Waals surface area contributed by atoms with Gasteiger partial charge < -0.3 is 19.5 Å². The lowest BCUT2D eigenvalue weighted by Crippen LogP contribution is -2.53. The van der Waals surface area contributed by atoms with Crippen molar-refractivity contribution in [2.75, 3.05) is 33.4 Å². The molecule has 2 heterocycles. The summed E-state index contributed by atoms with van der Waals surface area (Å²) >= 11 is 0. The molecule has 0 unspecified atom stereocenters. The number of nitrogens with one attached hydrogen (secondary N) is 1. The van der Waals surface area contributed by atoms with Gasteiger partial charge in [-0.2, -0.15) is 0 Å². The Morgan fingerprint density at radius 3 is 2.32 bits per heavy atom. The number of rotatable bonds is 9. The molecule has 1 N–H and O–H groups in total. The van der Waals surface area contributed by atoms with Crippen LogP contribution in [0.1, 0.15) is 38.2 Å². The maximum absolute atomic E-state index is 13.4. The van der Waals surface area contributed by atoms with Crippen LogP contribution in [-0.2, 0) is 16.1 Å². The van der Waals surface area contributed by atoms with Crippen molar-refractivity contribution in [1.82, 2.24) is 19.8 Å². The molecule has 1 saturated heterocycles. The van der Waals surface area contributed by atoms with Gasteiger partial charge in [-0.25, -0.2) is 4.98 Å². The van der Waals surface area contributed by atoms with Crippen LogP contribution in [0.25, 0.3) is 11.3 Å². The van der Waals surface area contributed by atoms with Crippen molar-refractivity contribution in [3.8, 4) is 11.3 Å². The third-order valence-electron chi connectivity index (χ3n) is 6.36. The molecule has 180 valence electrons. The van der Waals surface area contributed by atoms with Crippen molar-refractivity contribution in [2.24, 2.45) is 11.3 Å². The molecule has 0 aliphatic carbocycles. The topological polar surface area (TPSA) is 59.4 Å². The minimum Gasteiger partial charge on any atom is -0.375 e. The molecule has 6 heteroatoms. The molecular formula is C28H36N4O2. The fourth-order valence-electron chi connectivity index (χ4n) is 4.61. The number of benzene rings is 2. The van der Waals surface area contributed by atoms with Crippen LogP contribution in [0.4, 0.5) is 0 Å². The van der Waals surface area contributed by atoms with E-state index in [2.05, 4.69) is 73.3 Å². The van der Waals surface area contributed by atoms with E-state index in [1.54, 1.807) is 7.11 Å². The minimum atomic E-state index is -0.228. The summed E-state index contributed by atoms with van der Waals surface area (Å²) in [4.78, 5) is 20.5. The zero-order chi connectivity index (χ0) is 24.1. The van der Waals surface area contributed by atoms with Crippen LogP contribution in [0.5, 0.6) is 0 Å². The van der Waals surface area contributed by atoms with Gasteiger partial charge in [-0.15, -0.1) is 0 Å². The second-order valence-corrected chi connectivity index (χ2v) is 10.2. The van der Waals surface area contributed by atoms with Crippen molar-refractivity contribution in [1.29, 1.82) is 0 Å². The molecule has 1 atom stereocenters. The number of carbonyl (C=O) groups excluding carboxylic acids is 1. The first-order chi connectivity index (χ1) is 16.4. The zero-order valence-electron chi connectivity index (χ0n) is 20.7. The fraction of sp³-hybridized carbons (Fsp3) is 0.429. The molecule has 0 bridgehead atoms. The van der Waals surface area contributed by atoms with Crippen molar-refractivity contribution in [2.45, 2.75) is 33.4 Å². The molecule has 3 aromatic rings. The molecule has 1 aliphatic rings. The van der Waals surface area contributed by atoms with Crippen LogP contribution in [0.2, 0.25) is 0 Å². The number of ether oxygens (including phenoxy) is 1. The minimum absolute atomic E-state index is 0.00449. The Morgan fingerprint density at radius 1 is 1.12 bits per heavy atom. The molecule has 0 radical (unpaired) electrons. The largest absolute Gasteiger partial charge is 0.375 e. The quantitative estimate of drug-likeness (QED) is 0.515. The number of methoxy groups -OCH3 is 1. The molecule has 6 nitrogen and oxygen atoms in total. The van der Waals surface area contributed by atoms with Crippen molar-refractivity contribution >= 4 is 5.91 Å². The lowest BCUT2D eigenvalue weighted by Gasteiger charge is -2.43. The highest BCUT2D eigenvalue weighted by molar-refractivity contribution is 5.78. The number of nitrogens with zero attached hydrogens (tertiary/aromatic N) is 3. The lowest BCUT2D eigenvalue weighted by atomic mass is 9.84. The molecule has 34 heavy (non-hydrogen) atoms. The number of hydrogen-bond donors (Lipinski definition) is 1. The number of carbonyl (C=O) groups is 1. The van der Waals surface area contributed by atoms with Crippen LogP contribution in [0.15, 0.2) is 66.9 Å². The van der Waals surface area contributed by atoms with E-state index in [1.165, 1.54) is 5.56 Å². The third-order valence-corrected chi connectivity index (χ3v) is 6.36. The van der Waals surface area contributed by atoms with E-state index >= 15 is 0 Å². The Bertz CT molecular complexity index is 1070. The molecule has 1 fully saturated rings. The van der Waals surface area contributed by atoms with E-state index in [1.807, 2.05) is 29.2 Å². The fourth-order valence-corrected chi connectivity index (χ4v) is 4.61. The van der Waals surface area contributed by atoms with Gasteiger partial charge in [0.25, 0.3) is 0 Å². The highest BCUT2D eigenvalue weighted by Gasteiger charge is 2.39. The SMILES string of the molecule is COCC(=O)N(CC1CNC1)[C@@H](c1nc(-c2ccccc2)cn1Cc1ccccc1)C(C)(C)C. The Morgan fingerprint density at radius 2 is 1.76 bits per heavy atom. The second-order valence-electron chi connectivity index (χ2n) is 10.2. The Hall–Kier alpha value is -2.96. The van der Waals surface area contributed by atoms with Gasteiger partial charge in [-0.3, -0.25) is 4.79 Å². The van der Waals surface area contributed by atoms with Gasteiger partial charge in [-0.1, -0.05) is 81.4 Å². The summed E-state index contributed by atoms with van der Waals surface area (Å²) in [7, 11) is 1.58. The van der Waals surface area contributed by atoms with Gasteiger partial charge in [0.15, 0.2) is 0 Å². The van der Waals surface area contributed by atoms with Crippen LogP contribution in [0.3, 0.4) is 0 Å². The van der Waals surface area contributed by atoms with Gasteiger partial charge >= 0.3 is 0 Å². The third kappa shape index (κ3) is 5.57. The van der Waals surface area contributed by atoms with Gasteiger partial charge in [0.1, 0.15) is 12.4 Å². The average Bonchev–Trinajstić information content (AvgIpc) is 3.18. The summed E-state index contributed by atoms with van der Waals surface area (Å²) in [6.45, 7) is 9.88. The summed E-state index contributed by atoms with van der Waals surface area (Å²) in [6, 6.07) is 20.5. The molecular weight excluding hydrogens is 424 g/mol. The molecule has 1 aromatic heterocycles. The standard InChI is InChI=1S/C28H36N4O2/c1-28(2,3)26(32(25(33)20-34-4)18-22-15-29-16-22)27-30-24(23-13-9-6-10-14-23)19-31(27)17-21-11-7-5-8-12-21/h5-14,19,22,26,29H,15-18,20H2,1-4H3/t26-/m0/s1. The number of hydrogen-bond acceptors (Lipinski definition) is 4. The summed E-state index contributed by atoms with van der Waals surface area (Å²) in [5, 5.41) is 3.33. The monoisotopic (exact) mass is 460 g/mol. The van der Waals surface area contributed by atoms with E-state index < -0.39 is 0 Å². The van der Waals surface area contributed by atoms with Crippen molar-refractivity contribution in [3.05, 3.63) is 78.2 Å². The van der Waals surface area contributed by atoms with E-state index in [0.717, 1.165) is 30.2 Å². The first-order valence-electron chi connectivity index (χ1n) is 12.0. The number of imidazole rings is 1. The summed E-state index contributed by atoms with van der Waals surface area (Å²) in [5.74, 6) is 1.36. The Labute approximate surface area is 203 Å². The average molecular weight is 461 g/mol. The van der Waals surface area contributed by atoms with E-state index in [0.29, 0.717) is 19.0 Å². The maximum Gasteiger partial charge on any atom is 0.249 e. The zero-order valence-corrected chi connectivity index (χ0v) is 20.7. The Balaban J connectivity index is 1.81. The second kappa shape index (κ2) is 10.5. The lowest BCUT2D eigenvalue weighted by molar-refractivity contribution is -0.142. The molecule has 2 aromatic carbocycles. The number of aromatic nitrogens is 2. The summed E-state index contributed by atoms with van der Waals surface area (Å²) < 4.78 is 7.50. The predicted octanol–water partition coefficient (Wildman–Crippen LogP) is 4.38. The van der Waals surface area contributed by atoms with Crippen LogP contribution < -0.4 is 5.32 Å². The van der Waals surface area contributed by atoms with Gasteiger partial charge in [0.2, 0.25) is 5.91 Å². The van der Waals surface area contributed by atoms with Gasteiger partial charge in [0, 0.05) is 51.0 Å². The number of amides is 1. The normalized spacial score (nSPS) is 15.1. The first kappa shape index (κ1) is 24.2. The summed E-state index contributed by atoms with van der Waals surface area (Å²) in [6.07, 6.45) is 2.13. The van der Waals surface area contributed by atoms with E-state index in [-0.39, 0.29) is 24.0 Å². The van der Waals surface area contributed by atoms with Crippen LogP contribution in [0, 0.1) is 11.3 Å². The maximum atomic E-state index is 13.4. The first-order valence-corrected chi connectivity index (χ1v) is 12.0. The molecule has 0 saturated carbocycles. The smallest absolute Gasteiger partial charge is 0.249 e. The highest BCUT2D eigenvalue weighted by Crippen LogP contribution is 2.39.